The molecule has 98 valence electrons. The third-order valence-corrected chi connectivity index (χ3v) is 3.63. The molecule has 0 saturated carbocycles. The fourth-order valence-electron chi connectivity index (χ4n) is 1.97. The molecule has 1 saturated heterocycles. The number of hydrogen-bond acceptors (Lipinski definition) is 3. The van der Waals surface area contributed by atoms with Crippen molar-refractivity contribution >= 4 is 21.7 Å². The molecule has 0 amide bonds. The zero-order chi connectivity index (χ0) is 13.0. The summed E-state index contributed by atoms with van der Waals surface area (Å²) in [4.78, 5) is 11.9. The Balaban J connectivity index is 1.92. The largest absolute Gasteiger partial charge is 0.375 e. The van der Waals surface area contributed by atoms with Gasteiger partial charge in [0.25, 0.3) is 0 Å². The van der Waals surface area contributed by atoms with Crippen molar-refractivity contribution < 1.29 is 13.9 Å². The van der Waals surface area contributed by atoms with E-state index >= 15 is 0 Å². The highest BCUT2D eigenvalue weighted by Gasteiger charge is 2.18. The number of rotatable bonds is 4. The van der Waals surface area contributed by atoms with E-state index < -0.39 is 0 Å². The highest BCUT2D eigenvalue weighted by atomic mass is 79.9. The van der Waals surface area contributed by atoms with Crippen molar-refractivity contribution in [2.45, 2.75) is 18.9 Å². The van der Waals surface area contributed by atoms with E-state index in [4.69, 9.17) is 4.74 Å². The quantitative estimate of drug-likeness (QED) is 0.924. The van der Waals surface area contributed by atoms with Gasteiger partial charge >= 0.3 is 0 Å². The molecule has 1 fully saturated rings. The second-order valence-electron chi connectivity index (χ2n) is 4.35. The summed E-state index contributed by atoms with van der Waals surface area (Å²) in [6.07, 6.45) is 0.548. The van der Waals surface area contributed by atoms with Crippen molar-refractivity contribution in [2.75, 3.05) is 19.7 Å². The van der Waals surface area contributed by atoms with Crippen molar-refractivity contribution in [3.63, 3.8) is 0 Å². The predicted octanol–water partition coefficient (Wildman–Crippen LogP) is 2.08. The first kappa shape index (κ1) is 13.6. The van der Waals surface area contributed by atoms with Crippen LogP contribution in [0.15, 0.2) is 22.7 Å². The van der Waals surface area contributed by atoms with Crippen LogP contribution in [-0.2, 0) is 16.0 Å². The van der Waals surface area contributed by atoms with E-state index in [1.807, 2.05) is 0 Å². The van der Waals surface area contributed by atoms with Gasteiger partial charge in [-0.3, -0.25) is 4.79 Å². The number of morpholine rings is 1. The molecule has 1 aliphatic rings. The molecule has 0 radical (unpaired) electrons. The first-order chi connectivity index (χ1) is 8.65. The van der Waals surface area contributed by atoms with Crippen LogP contribution < -0.4 is 5.32 Å². The molecule has 18 heavy (non-hydrogen) atoms. The first-order valence-electron chi connectivity index (χ1n) is 5.93. The molecule has 0 spiro atoms. The molecule has 1 aliphatic heterocycles. The van der Waals surface area contributed by atoms with E-state index in [1.54, 1.807) is 6.07 Å². The van der Waals surface area contributed by atoms with Crippen molar-refractivity contribution in [3.05, 3.63) is 34.1 Å². The summed E-state index contributed by atoms with van der Waals surface area (Å²) in [6.45, 7) is 2.18. The maximum atomic E-state index is 13.1. The molecule has 0 bridgehead atoms. The van der Waals surface area contributed by atoms with Crippen LogP contribution in [-0.4, -0.2) is 31.6 Å². The second kappa shape index (κ2) is 6.41. The molecule has 1 aromatic carbocycles. The monoisotopic (exact) mass is 315 g/mol. The molecule has 3 nitrogen and oxygen atoms in total. The second-order valence-corrected chi connectivity index (χ2v) is 5.21. The molecule has 1 heterocycles. The van der Waals surface area contributed by atoms with Crippen molar-refractivity contribution in [1.29, 1.82) is 0 Å². The Morgan fingerprint density at radius 2 is 2.39 bits per heavy atom. The van der Waals surface area contributed by atoms with E-state index in [0.717, 1.165) is 11.0 Å². The Hall–Kier alpha value is -0.780. The van der Waals surface area contributed by atoms with Gasteiger partial charge in [0.15, 0.2) is 0 Å². The lowest BCUT2D eigenvalue weighted by Gasteiger charge is -2.23. The summed E-state index contributed by atoms with van der Waals surface area (Å²) in [5.74, 6) is -0.258. The summed E-state index contributed by atoms with van der Waals surface area (Å²) in [7, 11) is 0. The summed E-state index contributed by atoms with van der Waals surface area (Å²) >= 11 is 3.32. The topological polar surface area (TPSA) is 38.3 Å². The average Bonchev–Trinajstić information content (AvgIpc) is 2.35. The van der Waals surface area contributed by atoms with Crippen LogP contribution in [0, 0.1) is 5.82 Å². The van der Waals surface area contributed by atoms with Gasteiger partial charge in [0.1, 0.15) is 11.6 Å². The lowest BCUT2D eigenvalue weighted by Crippen LogP contribution is -2.39. The van der Waals surface area contributed by atoms with Gasteiger partial charge in [0.05, 0.1) is 12.7 Å². The van der Waals surface area contributed by atoms with Gasteiger partial charge in [-0.25, -0.2) is 4.39 Å². The highest BCUT2D eigenvalue weighted by Crippen LogP contribution is 2.19. The maximum Gasteiger partial charge on any atom is 0.139 e. The third kappa shape index (κ3) is 3.86. The molecule has 0 aliphatic carbocycles. The van der Waals surface area contributed by atoms with Crippen LogP contribution >= 0.6 is 15.9 Å². The molecule has 1 atom stereocenters. The summed E-state index contributed by atoms with van der Waals surface area (Å²) < 4.78 is 19.3. The normalized spacial score (nSPS) is 19.8. The number of ether oxygens (including phenoxy) is 1. The minimum absolute atomic E-state index is 0.0569. The number of carbonyl (C=O) groups is 1. The molecule has 5 heteroatoms. The smallest absolute Gasteiger partial charge is 0.139 e. The number of hydrogen-bond donors (Lipinski definition) is 1. The Labute approximate surface area is 114 Å². The van der Waals surface area contributed by atoms with Gasteiger partial charge in [-0.05, 0) is 23.8 Å². The highest BCUT2D eigenvalue weighted by molar-refractivity contribution is 9.10. The van der Waals surface area contributed by atoms with E-state index in [9.17, 15) is 9.18 Å². The van der Waals surface area contributed by atoms with Gasteiger partial charge < -0.3 is 10.1 Å². The SMILES string of the molecule is O=C(Cc1cc(F)ccc1Br)CC1CNCCO1. The fourth-order valence-corrected chi connectivity index (χ4v) is 2.35. The van der Waals surface area contributed by atoms with E-state index in [-0.39, 0.29) is 24.1 Å². The Morgan fingerprint density at radius 1 is 1.56 bits per heavy atom. The molecule has 1 unspecified atom stereocenters. The number of halogens is 2. The van der Waals surface area contributed by atoms with Crippen LogP contribution in [0.3, 0.4) is 0 Å². The van der Waals surface area contributed by atoms with E-state index in [1.165, 1.54) is 12.1 Å². The summed E-state index contributed by atoms with van der Waals surface area (Å²) in [5, 5.41) is 3.18. The lowest BCUT2D eigenvalue weighted by atomic mass is 10.0. The number of Topliss-reactive ketones (excluding diaryl/α,β-unsaturated/α-hetero) is 1. The number of benzene rings is 1. The van der Waals surface area contributed by atoms with Gasteiger partial charge in [-0.2, -0.15) is 0 Å². The third-order valence-electron chi connectivity index (χ3n) is 2.86. The van der Waals surface area contributed by atoms with Gasteiger partial charge in [0, 0.05) is 30.4 Å². The van der Waals surface area contributed by atoms with Gasteiger partial charge in [0.2, 0.25) is 0 Å². The first-order valence-corrected chi connectivity index (χ1v) is 6.72. The number of carbonyl (C=O) groups excluding carboxylic acids is 1. The van der Waals surface area contributed by atoms with Gasteiger partial charge in [-0.15, -0.1) is 0 Å². The molecule has 0 aromatic heterocycles. The Bertz CT molecular complexity index is 433. The summed E-state index contributed by atoms with van der Waals surface area (Å²) in [6, 6.07) is 4.38. The fraction of sp³-hybridized carbons (Fsp3) is 0.462. The zero-order valence-electron chi connectivity index (χ0n) is 9.92. The minimum Gasteiger partial charge on any atom is -0.375 e. The van der Waals surface area contributed by atoms with Crippen LogP contribution in [0.25, 0.3) is 0 Å². The van der Waals surface area contributed by atoms with Crippen LogP contribution in [0.1, 0.15) is 12.0 Å². The number of ketones is 1. The van der Waals surface area contributed by atoms with Crippen LogP contribution in [0.4, 0.5) is 4.39 Å². The van der Waals surface area contributed by atoms with E-state index in [0.29, 0.717) is 25.1 Å². The van der Waals surface area contributed by atoms with Gasteiger partial charge in [-0.1, -0.05) is 15.9 Å². The maximum absolute atomic E-state index is 13.1. The summed E-state index contributed by atoms with van der Waals surface area (Å²) in [5.41, 5.74) is 0.684. The van der Waals surface area contributed by atoms with Crippen molar-refractivity contribution in [1.82, 2.24) is 5.32 Å². The molecular formula is C13H15BrFNO2. The minimum atomic E-state index is -0.323. The molecule has 1 N–H and O–H groups in total. The lowest BCUT2D eigenvalue weighted by molar-refractivity contribution is -0.121. The standard InChI is InChI=1S/C13H15BrFNO2/c14-13-2-1-10(15)5-9(13)6-11(17)7-12-8-16-3-4-18-12/h1-2,5,12,16H,3-4,6-8H2. The van der Waals surface area contributed by atoms with Crippen LogP contribution in [0.5, 0.6) is 0 Å². The van der Waals surface area contributed by atoms with E-state index in [2.05, 4.69) is 21.2 Å². The predicted molar refractivity (Wildman–Crippen MR) is 70.0 cm³/mol. The molecule has 1 aromatic rings. The molecule has 2 rings (SSSR count). The average molecular weight is 316 g/mol. The Morgan fingerprint density at radius 3 is 3.11 bits per heavy atom. The zero-order valence-corrected chi connectivity index (χ0v) is 11.5. The van der Waals surface area contributed by atoms with Crippen LogP contribution in [0.2, 0.25) is 0 Å². The van der Waals surface area contributed by atoms with Crippen molar-refractivity contribution in [3.8, 4) is 0 Å². The van der Waals surface area contributed by atoms with Crippen molar-refractivity contribution in [2.24, 2.45) is 0 Å². The Kier molecular flexibility index (Phi) is 4.86. The molecular weight excluding hydrogens is 301 g/mol. The number of nitrogens with one attached hydrogen (secondary N) is 1.